The first-order valence-corrected chi connectivity index (χ1v) is 23.4. The van der Waals surface area contributed by atoms with Crippen molar-refractivity contribution in [2.24, 2.45) is 0 Å². The lowest BCUT2D eigenvalue weighted by molar-refractivity contribution is 0.402. The van der Waals surface area contributed by atoms with Gasteiger partial charge in [-0.1, -0.05) is 140 Å². The molecule has 306 valence electrons. The molecule has 0 spiro atoms. The molecular weight excluding hydrogens is 797 g/mol. The van der Waals surface area contributed by atoms with Crippen molar-refractivity contribution in [3.63, 3.8) is 0 Å². The lowest BCUT2D eigenvalue weighted by Crippen LogP contribution is -2.59. The minimum absolute atomic E-state index is 0.0107. The highest BCUT2D eigenvalue weighted by atomic mass is 32.1. The van der Waals surface area contributed by atoms with E-state index in [9.17, 15) is 0 Å². The van der Waals surface area contributed by atoms with Crippen LogP contribution < -0.4 is 4.90 Å². The van der Waals surface area contributed by atoms with Gasteiger partial charge in [-0.3, -0.25) is 0 Å². The van der Waals surface area contributed by atoms with Gasteiger partial charge in [0.2, 0.25) is 0 Å². The monoisotopic (exact) mass is 840 g/mol. The highest BCUT2D eigenvalue weighted by Crippen LogP contribution is 2.68. The number of rotatable bonds is 3. The molecule has 0 saturated heterocycles. The van der Waals surface area contributed by atoms with Crippen molar-refractivity contribution in [1.82, 2.24) is 4.57 Å². The maximum Gasteiger partial charge on any atom is 0.142 e. The summed E-state index contributed by atoms with van der Waals surface area (Å²) < 4.78 is 12.5. The summed E-state index contributed by atoms with van der Waals surface area (Å²) in [5.41, 5.74) is 12.3. The van der Waals surface area contributed by atoms with Crippen LogP contribution in [0.25, 0.3) is 69.4 Å². The number of benzene rings is 8. The van der Waals surface area contributed by atoms with Crippen LogP contribution in [0.3, 0.4) is 0 Å². The van der Waals surface area contributed by atoms with Gasteiger partial charge in [0.05, 0.1) is 16.6 Å². The lowest BCUT2D eigenvalue weighted by Gasteiger charge is -2.60. The number of thiophene rings is 1. The first-order chi connectivity index (χ1) is 31.3. The molecule has 3 nitrogen and oxygen atoms in total. The number of nitrogens with zero attached hydrogens (tertiary/aromatic N) is 2. The summed E-state index contributed by atoms with van der Waals surface area (Å²) in [6, 6.07) is 65.3. The van der Waals surface area contributed by atoms with Crippen molar-refractivity contribution in [1.29, 1.82) is 0 Å². The van der Waals surface area contributed by atoms with Gasteiger partial charge >= 0.3 is 0 Å². The average molecular weight is 841 g/mol. The van der Waals surface area contributed by atoms with Gasteiger partial charge in [-0.25, -0.2) is 0 Å². The fourth-order valence-electron chi connectivity index (χ4n) is 13.0. The van der Waals surface area contributed by atoms with E-state index < -0.39 is 16.4 Å². The van der Waals surface area contributed by atoms with Crippen LogP contribution in [0, 0.1) is 0 Å². The van der Waals surface area contributed by atoms with Crippen molar-refractivity contribution in [2.75, 3.05) is 4.90 Å². The molecule has 2 aliphatic carbocycles. The summed E-state index contributed by atoms with van der Waals surface area (Å²) >= 11 is 1.90. The third kappa shape index (κ3) is 4.41. The van der Waals surface area contributed by atoms with Gasteiger partial charge in [-0.15, -0.1) is 11.3 Å². The molecule has 4 unspecified atom stereocenters. The topological polar surface area (TPSA) is 21.3 Å². The predicted molar refractivity (Wildman–Crippen MR) is 269 cm³/mol. The van der Waals surface area contributed by atoms with E-state index in [0.717, 1.165) is 28.1 Å². The fraction of sp³-hybridized carbons (Fsp3) is 0.133. The van der Waals surface area contributed by atoms with Crippen LogP contribution in [0.15, 0.2) is 204 Å². The lowest BCUT2D eigenvalue weighted by atomic mass is 9.49. The van der Waals surface area contributed by atoms with E-state index >= 15 is 0 Å². The van der Waals surface area contributed by atoms with Gasteiger partial charge < -0.3 is 13.9 Å². The number of anilines is 2. The van der Waals surface area contributed by atoms with E-state index in [1.165, 1.54) is 86.3 Å². The second kappa shape index (κ2) is 12.5. The molecule has 0 radical (unpaired) electrons. The summed E-state index contributed by atoms with van der Waals surface area (Å²) in [4.78, 5) is 2.64. The molecular formula is C60H44N2OS. The van der Waals surface area contributed by atoms with E-state index in [1.54, 1.807) is 0 Å². The molecule has 0 fully saturated rings. The minimum Gasteiger partial charge on any atom is -0.459 e. The maximum atomic E-state index is 7.39. The Bertz CT molecular complexity index is 3820. The number of hydrogen-bond acceptors (Lipinski definition) is 3. The zero-order valence-electron chi connectivity index (χ0n) is 36.2. The van der Waals surface area contributed by atoms with Crippen LogP contribution in [0.1, 0.15) is 56.1 Å². The zero-order chi connectivity index (χ0) is 42.7. The third-order valence-corrected chi connectivity index (χ3v) is 16.7. The molecule has 64 heavy (non-hydrogen) atoms. The molecule has 1 aliphatic heterocycles. The van der Waals surface area contributed by atoms with Crippen molar-refractivity contribution in [3.05, 3.63) is 222 Å². The van der Waals surface area contributed by atoms with Gasteiger partial charge in [-0.05, 0) is 103 Å². The molecule has 4 heteroatoms. The van der Waals surface area contributed by atoms with Crippen molar-refractivity contribution >= 4 is 86.4 Å². The molecule has 0 N–H and O–H groups in total. The van der Waals surface area contributed by atoms with Crippen molar-refractivity contribution in [3.8, 4) is 5.69 Å². The standard InChI is InChI=1S/C60H44N2OS/c1-36-53-57-59(3,35-34-58(53,2)46-22-15-27-51-52(46)43-20-9-14-26-50(43)64-51)62(39-31-29-38(30-32-39)61-47-23-11-7-18-41(47)42-19-8-12-24-48(42)61)49-25-13-10-21-45(49)60(57,4)54-44-33-28-37-16-5-6-17-40(37)56(44)63-55(36)54/h5-36H,1-4H3. The Morgan fingerprint density at radius 2 is 1.16 bits per heavy atom. The Morgan fingerprint density at radius 1 is 0.531 bits per heavy atom. The highest BCUT2D eigenvalue weighted by molar-refractivity contribution is 7.25. The third-order valence-electron chi connectivity index (χ3n) is 15.6. The Balaban J connectivity index is 1.06. The van der Waals surface area contributed by atoms with E-state index in [2.05, 4.69) is 225 Å². The van der Waals surface area contributed by atoms with Gasteiger partial charge in [0.1, 0.15) is 11.3 Å². The number of furan rings is 1. The number of fused-ring (bicyclic) bond motifs is 14. The number of allylic oxidation sites excluding steroid dienone is 2. The van der Waals surface area contributed by atoms with E-state index in [4.69, 9.17) is 4.42 Å². The van der Waals surface area contributed by atoms with Crippen molar-refractivity contribution < 1.29 is 4.42 Å². The Labute approximate surface area is 375 Å². The van der Waals surface area contributed by atoms with Crippen LogP contribution in [0.2, 0.25) is 0 Å². The number of para-hydroxylation sites is 3. The average Bonchev–Trinajstić information content (AvgIpc) is 4.03. The maximum absolute atomic E-state index is 7.39. The second-order valence-electron chi connectivity index (χ2n) is 18.8. The van der Waals surface area contributed by atoms with Crippen LogP contribution >= 0.6 is 11.3 Å². The van der Waals surface area contributed by atoms with Crippen molar-refractivity contribution in [2.45, 2.75) is 50.0 Å². The zero-order valence-corrected chi connectivity index (χ0v) is 37.0. The summed E-state index contributed by atoms with van der Waals surface area (Å²) in [6.45, 7) is 9.89. The Hall–Kier alpha value is -7.14. The minimum atomic E-state index is -0.538. The van der Waals surface area contributed by atoms with Gasteiger partial charge in [0.15, 0.2) is 0 Å². The normalized spacial score (nSPS) is 22.6. The highest BCUT2D eigenvalue weighted by Gasteiger charge is 2.61. The molecule has 3 aliphatic rings. The molecule has 3 aromatic heterocycles. The van der Waals surface area contributed by atoms with E-state index in [0.29, 0.717) is 0 Å². The molecule has 0 saturated carbocycles. The molecule has 0 amide bonds. The van der Waals surface area contributed by atoms with Gasteiger partial charge in [-0.2, -0.15) is 0 Å². The van der Waals surface area contributed by atoms with E-state index in [1.807, 2.05) is 11.3 Å². The molecule has 0 bridgehead atoms. The number of hydrogen-bond donors (Lipinski definition) is 0. The van der Waals surface area contributed by atoms with Crippen LogP contribution in [0.5, 0.6) is 0 Å². The van der Waals surface area contributed by atoms with Crippen LogP contribution in [-0.4, -0.2) is 10.1 Å². The molecule has 4 atom stereocenters. The summed E-state index contributed by atoms with van der Waals surface area (Å²) in [6.07, 6.45) is 5.12. The molecule has 11 aromatic rings. The van der Waals surface area contributed by atoms with E-state index in [-0.39, 0.29) is 5.92 Å². The summed E-state index contributed by atoms with van der Waals surface area (Å²) in [5, 5.41) is 8.79. The second-order valence-corrected chi connectivity index (χ2v) is 19.9. The van der Waals surface area contributed by atoms with Crippen LogP contribution in [0.4, 0.5) is 11.4 Å². The molecule has 8 aromatic carbocycles. The quantitative estimate of drug-likeness (QED) is 0.165. The number of aromatic nitrogens is 1. The molecule has 4 heterocycles. The SMILES string of the molecule is CC1C2=C3C(C)(c4ccccc4N(c4ccc(-n5c6ccccc6c6ccccc65)cc4)C3(C)C=CC2(C)c2cccc3sc4ccccc4c23)c2c1oc1c2ccc2ccccc21. The Morgan fingerprint density at radius 3 is 1.94 bits per heavy atom. The first kappa shape index (κ1) is 36.4. The fourth-order valence-corrected chi connectivity index (χ4v) is 14.1. The first-order valence-electron chi connectivity index (χ1n) is 22.6. The predicted octanol–water partition coefficient (Wildman–Crippen LogP) is 16.2. The Kier molecular flexibility index (Phi) is 7.11. The summed E-state index contributed by atoms with van der Waals surface area (Å²) in [7, 11) is 0. The summed E-state index contributed by atoms with van der Waals surface area (Å²) in [5.74, 6) is 1.07. The largest absolute Gasteiger partial charge is 0.459 e. The van der Waals surface area contributed by atoms with Gasteiger partial charge in [0, 0.05) is 81.1 Å². The molecule has 14 rings (SSSR count). The smallest absolute Gasteiger partial charge is 0.142 e. The van der Waals surface area contributed by atoms with Crippen LogP contribution in [-0.2, 0) is 10.8 Å². The van der Waals surface area contributed by atoms with Gasteiger partial charge in [0.25, 0.3) is 0 Å².